The van der Waals surface area contributed by atoms with E-state index in [1.54, 1.807) is 18.2 Å². The number of fused-ring (bicyclic) bond motifs is 3. The van der Waals surface area contributed by atoms with Gasteiger partial charge in [0, 0.05) is 5.92 Å². The fraction of sp³-hybridized carbons (Fsp3) is 0.419. The molecular formula is C31H36BNO6. The minimum atomic E-state index is -1.68. The first kappa shape index (κ1) is 27.4. The quantitative estimate of drug-likeness (QED) is 0.286. The van der Waals surface area contributed by atoms with Crippen LogP contribution >= 0.6 is 0 Å². The van der Waals surface area contributed by atoms with Crippen molar-refractivity contribution in [1.29, 1.82) is 0 Å². The van der Waals surface area contributed by atoms with Gasteiger partial charge in [-0.2, -0.15) is 0 Å². The Labute approximate surface area is 229 Å². The molecule has 0 radical (unpaired) electrons. The average molecular weight is 529 g/mol. The van der Waals surface area contributed by atoms with Crippen LogP contribution < -0.4 is 10.4 Å². The number of imide groups is 1. The molecule has 5 rings (SSSR count). The summed E-state index contributed by atoms with van der Waals surface area (Å²) in [6, 6.07) is 10.3. The number of hydrogen-bond donors (Lipinski definition) is 3. The fourth-order valence-corrected chi connectivity index (χ4v) is 6.68. The number of aromatic hydroxyl groups is 1. The van der Waals surface area contributed by atoms with Crippen molar-refractivity contribution in [3.8, 4) is 5.75 Å². The molecule has 3 N–H and O–H groups in total. The van der Waals surface area contributed by atoms with Crippen molar-refractivity contribution in [1.82, 2.24) is 0 Å². The molecule has 1 aliphatic carbocycles. The second-order valence-corrected chi connectivity index (χ2v) is 11.2. The lowest BCUT2D eigenvalue weighted by Gasteiger charge is -2.30. The lowest BCUT2D eigenvalue weighted by atomic mass is 9.70. The van der Waals surface area contributed by atoms with Gasteiger partial charge in [-0.25, -0.2) is 0 Å². The number of hydrogen-bond acceptors (Lipinski definition) is 6. The van der Waals surface area contributed by atoms with Crippen molar-refractivity contribution < 1.29 is 29.5 Å². The summed E-state index contributed by atoms with van der Waals surface area (Å²) in [5.41, 5.74) is 7.01. The highest BCUT2D eigenvalue weighted by Crippen LogP contribution is 2.50. The highest BCUT2D eigenvalue weighted by Gasteiger charge is 2.56. The largest absolute Gasteiger partial charge is 0.507 e. The molecule has 0 unspecified atom stereocenters. The van der Waals surface area contributed by atoms with E-state index in [1.165, 1.54) is 22.1 Å². The smallest absolute Gasteiger partial charge is 0.488 e. The second kappa shape index (κ2) is 10.8. The zero-order chi connectivity index (χ0) is 28.0. The Balaban J connectivity index is 1.34. The minimum Gasteiger partial charge on any atom is -0.507 e. The van der Waals surface area contributed by atoms with Crippen molar-refractivity contribution in [3.05, 3.63) is 69.8 Å². The van der Waals surface area contributed by atoms with Gasteiger partial charge in [-0.1, -0.05) is 36.3 Å². The zero-order valence-electron chi connectivity index (χ0n) is 23.0. The van der Waals surface area contributed by atoms with Crippen LogP contribution in [0.2, 0.25) is 0 Å². The predicted molar refractivity (Wildman–Crippen MR) is 151 cm³/mol. The molecule has 2 saturated heterocycles. The number of carbonyl (C=O) groups excluding carboxylic acids is 2. The molecule has 39 heavy (non-hydrogen) atoms. The zero-order valence-corrected chi connectivity index (χ0v) is 23.0. The number of anilines is 1. The number of rotatable bonds is 7. The van der Waals surface area contributed by atoms with Crippen molar-refractivity contribution in [2.75, 3.05) is 11.5 Å². The molecule has 7 nitrogen and oxygen atoms in total. The first-order chi connectivity index (χ1) is 18.6. The van der Waals surface area contributed by atoms with Crippen molar-refractivity contribution in [2.45, 2.75) is 59.5 Å². The van der Waals surface area contributed by atoms with Gasteiger partial charge in [0.25, 0.3) is 0 Å². The Bertz CT molecular complexity index is 1360. The molecule has 8 heteroatoms. The van der Waals surface area contributed by atoms with Gasteiger partial charge in [0.2, 0.25) is 11.8 Å². The van der Waals surface area contributed by atoms with Gasteiger partial charge in [0.15, 0.2) is 0 Å². The van der Waals surface area contributed by atoms with Crippen LogP contribution in [0.3, 0.4) is 0 Å². The lowest BCUT2D eigenvalue weighted by Crippen LogP contribution is -2.35. The molecule has 0 aromatic heterocycles. The number of benzene rings is 2. The summed E-state index contributed by atoms with van der Waals surface area (Å²) in [4.78, 5) is 28.3. The Morgan fingerprint density at radius 2 is 1.79 bits per heavy atom. The van der Waals surface area contributed by atoms with Crippen LogP contribution in [0.25, 0.3) is 6.08 Å². The van der Waals surface area contributed by atoms with E-state index in [0.717, 1.165) is 41.5 Å². The fourth-order valence-electron chi connectivity index (χ4n) is 6.68. The number of amides is 2. The van der Waals surface area contributed by atoms with Gasteiger partial charge < -0.3 is 19.9 Å². The molecule has 0 spiro atoms. The van der Waals surface area contributed by atoms with E-state index in [1.807, 2.05) is 26.0 Å². The van der Waals surface area contributed by atoms with Gasteiger partial charge in [0.05, 0.1) is 30.2 Å². The van der Waals surface area contributed by atoms with E-state index in [4.69, 9.17) is 4.74 Å². The molecule has 204 valence electrons. The maximum atomic E-state index is 13.7. The van der Waals surface area contributed by atoms with Gasteiger partial charge in [-0.3, -0.25) is 14.5 Å². The van der Waals surface area contributed by atoms with Crippen LogP contribution in [0.5, 0.6) is 5.75 Å². The minimum absolute atomic E-state index is 0.0843. The van der Waals surface area contributed by atoms with E-state index in [0.29, 0.717) is 24.5 Å². The van der Waals surface area contributed by atoms with Gasteiger partial charge in [-0.15, -0.1) is 0 Å². The van der Waals surface area contributed by atoms with Crippen LogP contribution in [0.4, 0.5) is 5.69 Å². The van der Waals surface area contributed by atoms with Crippen LogP contribution in [0, 0.1) is 31.6 Å². The van der Waals surface area contributed by atoms with Crippen LogP contribution in [-0.2, 0) is 14.3 Å². The number of carbonyl (C=O) groups is 2. The maximum absolute atomic E-state index is 13.7. The number of ether oxygens (including phenoxy) is 1. The summed E-state index contributed by atoms with van der Waals surface area (Å²) in [5.74, 6) is -1.14. The molecule has 3 aliphatic rings. The first-order valence-electron chi connectivity index (χ1n) is 13.7. The molecule has 2 aliphatic heterocycles. The highest BCUT2D eigenvalue weighted by atomic mass is 16.5. The molecule has 2 aromatic carbocycles. The molecule has 2 heterocycles. The Morgan fingerprint density at radius 3 is 2.46 bits per heavy atom. The van der Waals surface area contributed by atoms with E-state index in [2.05, 4.69) is 19.9 Å². The van der Waals surface area contributed by atoms with Crippen molar-refractivity contribution in [3.63, 3.8) is 0 Å². The summed E-state index contributed by atoms with van der Waals surface area (Å²) in [7, 11) is -1.68. The van der Waals surface area contributed by atoms with E-state index < -0.39 is 19.0 Å². The summed E-state index contributed by atoms with van der Waals surface area (Å²) in [6.45, 7) is 8.44. The highest BCUT2D eigenvalue weighted by molar-refractivity contribution is 6.58. The summed E-state index contributed by atoms with van der Waals surface area (Å²) in [6.07, 6.45) is 5.20. The molecule has 0 saturated carbocycles. The van der Waals surface area contributed by atoms with E-state index in [-0.39, 0.29) is 29.3 Å². The molecule has 2 aromatic rings. The number of nitrogens with zero attached hydrogens (tertiary/aromatic N) is 1. The summed E-state index contributed by atoms with van der Waals surface area (Å²) < 4.78 is 6.29. The number of phenolic OH excluding ortho intramolecular Hbond substituents is 1. The normalized spacial score (nSPS) is 24.9. The molecule has 0 bridgehead atoms. The average Bonchev–Trinajstić information content (AvgIpc) is 3.43. The second-order valence-electron chi connectivity index (χ2n) is 11.2. The van der Waals surface area contributed by atoms with E-state index in [9.17, 15) is 24.7 Å². The molecule has 4 atom stereocenters. The van der Waals surface area contributed by atoms with Gasteiger partial charge >= 0.3 is 7.12 Å². The van der Waals surface area contributed by atoms with Crippen LogP contribution in [0.1, 0.15) is 56.2 Å². The predicted octanol–water partition coefficient (Wildman–Crippen LogP) is 3.80. The van der Waals surface area contributed by atoms with E-state index >= 15 is 0 Å². The molecule has 2 fully saturated rings. The molecular weight excluding hydrogens is 493 g/mol. The van der Waals surface area contributed by atoms with Gasteiger partial charge in [0.1, 0.15) is 5.75 Å². The monoisotopic (exact) mass is 529 g/mol. The van der Waals surface area contributed by atoms with Gasteiger partial charge in [-0.05, 0) is 98.4 Å². The molecule has 2 amide bonds. The van der Waals surface area contributed by atoms with Crippen molar-refractivity contribution >= 4 is 36.2 Å². The Morgan fingerprint density at radius 1 is 1.08 bits per heavy atom. The third-order valence-electron chi connectivity index (χ3n) is 8.64. The Hall–Kier alpha value is -3.20. The number of allylic oxidation sites excluding steroid dienone is 2. The first-order valence-corrected chi connectivity index (χ1v) is 13.7. The lowest BCUT2D eigenvalue weighted by molar-refractivity contribution is -0.122. The standard InChI is InChI=1S/C31H36BNO6/c1-5-20(14-21-11-18(3)29(34)19(4)12-21)9-10-26-27-17(2)13-24-28(25(27)16-39-26)31(36)33(30(24)35)23-8-6-7-22(15-23)32(37)38/h6-8,11-12,14-15,24-26,28,34,37-38H,5,9-10,13,16H2,1-4H3/b20-14+/t24-,25+,26-,28-/m1/s1. The third-order valence-corrected chi connectivity index (χ3v) is 8.64. The third kappa shape index (κ3) is 4.97. The van der Waals surface area contributed by atoms with Crippen LogP contribution in [-0.4, -0.2) is 46.8 Å². The maximum Gasteiger partial charge on any atom is 0.488 e. The number of phenols is 1. The topological polar surface area (TPSA) is 107 Å². The number of aryl methyl sites for hydroxylation is 2. The van der Waals surface area contributed by atoms with Crippen molar-refractivity contribution in [2.24, 2.45) is 17.8 Å². The summed E-state index contributed by atoms with van der Waals surface area (Å²) in [5, 5.41) is 29.3. The van der Waals surface area contributed by atoms with Crippen LogP contribution in [0.15, 0.2) is 53.1 Å². The SMILES string of the molecule is CC/C(=C\c1cc(C)c(O)c(C)c1)CC[C@H]1OC[C@H]2C1=C(C)C[C@H]1C(=O)N(c3cccc(B(O)O)c3)C(=O)[C@H]12. The summed E-state index contributed by atoms with van der Waals surface area (Å²) >= 11 is 0. The Kier molecular flexibility index (Phi) is 7.55.